The van der Waals surface area contributed by atoms with E-state index in [1.807, 2.05) is 13.8 Å². The van der Waals surface area contributed by atoms with Gasteiger partial charge in [0.25, 0.3) is 0 Å². The molecule has 0 spiro atoms. The van der Waals surface area contributed by atoms with Crippen LogP contribution in [0.2, 0.25) is 0 Å². The lowest BCUT2D eigenvalue weighted by atomic mass is 9.96. The number of H-pyrrole nitrogens is 1. The van der Waals surface area contributed by atoms with E-state index in [1.165, 1.54) is 22.5 Å². The molecule has 2 N–H and O–H groups in total. The Labute approximate surface area is 169 Å². The van der Waals surface area contributed by atoms with Crippen molar-refractivity contribution in [2.45, 2.75) is 46.5 Å². The summed E-state index contributed by atoms with van der Waals surface area (Å²) in [6.45, 7) is 10.5. The van der Waals surface area contributed by atoms with Crippen LogP contribution in [0.5, 0.6) is 0 Å². The number of aromatic amines is 1. The maximum atomic E-state index is 12.3. The highest BCUT2D eigenvalue weighted by atomic mass is 32.1. The minimum atomic E-state index is 0.0156. The van der Waals surface area contributed by atoms with Gasteiger partial charge in [-0.05, 0) is 76.9 Å². The molecular formula is C21H27N5OS. The highest BCUT2D eigenvalue weighted by molar-refractivity contribution is 7.15. The first kappa shape index (κ1) is 19.1. The number of rotatable bonds is 4. The van der Waals surface area contributed by atoms with Gasteiger partial charge in [0.05, 0.1) is 23.3 Å². The number of amides is 1. The SMILES string of the molecule is Cc1cc2nc(C3CCN(CC(=O)Nc4nc(C)c(C)s4)CC3)[nH]c2cc1C. The summed E-state index contributed by atoms with van der Waals surface area (Å²) in [5, 5.41) is 3.63. The van der Waals surface area contributed by atoms with E-state index in [9.17, 15) is 4.79 Å². The van der Waals surface area contributed by atoms with Crippen LogP contribution in [0.3, 0.4) is 0 Å². The van der Waals surface area contributed by atoms with Crippen molar-refractivity contribution in [2.75, 3.05) is 25.0 Å². The van der Waals surface area contributed by atoms with E-state index in [1.54, 1.807) is 0 Å². The Bertz CT molecular complexity index is 955. The number of piperidine rings is 1. The van der Waals surface area contributed by atoms with E-state index in [0.717, 1.165) is 53.4 Å². The summed E-state index contributed by atoms with van der Waals surface area (Å²) in [5.41, 5.74) is 5.71. The van der Waals surface area contributed by atoms with Gasteiger partial charge < -0.3 is 10.3 Å². The van der Waals surface area contributed by atoms with E-state index in [0.29, 0.717) is 17.6 Å². The molecule has 1 aliphatic heterocycles. The molecule has 0 unspecified atom stereocenters. The standard InChI is InChI=1S/C21H27N5OS/c1-12-9-17-18(10-13(12)2)24-20(23-17)16-5-7-26(8-6-16)11-19(27)25-21-22-14(3)15(4)28-21/h9-10,16H,5-8,11H2,1-4H3,(H,23,24)(H,22,25,27). The number of thiazole rings is 1. The van der Waals surface area contributed by atoms with Crippen LogP contribution in [0.4, 0.5) is 5.13 Å². The van der Waals surface area contributed by atoms with Crippen LogP contribution in [0, 0.1) is 27.7 Å². The third kappa shape index (κ3) is 3.95. The Kier molecular flexibility index (Phi) is 5.21. The fraction of sp³-hybridized carbons (Fsp3) is 0.476. The Balaban J connectivity index is 1.33. The smallest absolute Gasteiger partial charge is 0.240 e. The molecule has 0 radical (unpaired) electrons. The average molecular weight is 398 g/mol. The lowest BCUT2D eigenvalue weighted by Crippen LogP contribution is -2.38. The van der Waals surface area contributed by atoms with Gasteiger partial charge in [0.15, 0.2) is 5.13 Å². The normalized spacial score (nSPS) is 16.0. The Hall–Kier alpha value is -2.25. The van der Waals surface area contributed by atoms with Crippen LogP contribution >= 0.6 is 11.3 Å². The molecule has 0 bridgehead atoms. The second-order valence-corrected chi connectivity index (χ2v) is 9.04. The lowest BCUT2D eigenvalue weighted by Gasteiger charge is -2.30. The van der Waals surface area contributed by atoms with Crippen molar-refractivity contribution in [3.05, 3.63) is 39.7 Å². The molecule has 0 aliphatic carbocycles. The van der Waals surface area contributed by atoms with E-state index in [4.69, 9.17) is 4.98 Å². The van der Waals surface area contributed by atoms with Crippen molar-refractivity contribution in [2.24, 2.45) is 0 Å². The maximum absolute atomic E-state index is 12.3. The largest absolute Gasteiger partial charge is 0.342 e. The number of aryl methyl sites for hydroxylation is 4. The second-order valence-electron chi connectivity index (χ2n) is 7.83. The predicted molar refractivity (Wildman–Crippen MR) is 114 cm³/mol. The van der Waals surface area contributed by atoms with Crippen molar-refractivity contribution in [3.8, 4) is 0 Å². The number of carbonyl (C=O) groups excluding carboxylic acids is 1. The van der Waals surface area contributed by atoms with Crippen LogP contribution in [0.1, 0.15) is 46.3 Å². The summed E-state index contributed by atoms with van der Waals surface area (Å²) < 4.78 is 0. The first-order chi connectivity index (χ1) is 13.4. The molecule has 1 saturated heterocycles. The van der Waals surface area contributed by atoms with Crippen molar-refractivity contribution in [1.82, 2.24) is 19.9 Å². The Morgan fingerprint density at radius 1 is 1.18 bits per heavy atom. The third-order valence-corrected chi connectivity index (χ3v) is 6.72. The highest BCUT2D eigenvalue weighted by Gasteiger charge is 2.24. The number of aromatic nitrogens is 3. The van der Waals surface area contributed by atoms with E-state index in [-0.39, 0.29) is 5.91 Å². The van der Waals surface area contributed by atoms with Crippen LogP contribution < -0.4 is 5.32 Å². The van der Waals surface area contributed by atoms with Crippen LogP contribution in [0.25, 0.3) is 11.0 Å². The number of carbonyl (C=O) groups is 1. The molecule has 28 heavy (non-hydrogen) atoms. The van der Waals surface area contributed by atoms with Gasteiger partial charge in [-0.2, -0.15) is 0 Å². The van der Waals surface area contributed by atoms with Gasteiger partial charge in [-0.1, -0.05) is 0 Å². The summed E-state index contributed by atoms with van der Waals surface area (Å²) in [7, 11) is 0. The third-order valence-electron chi connectivity index (χ3n) is 5.73. The van der Waals surface area contributed by atoms with Gasteiger partial charge in [0.1, 0.15) is 5.82 Å². The maximum Gasteiger partial charge on any atom is 0.240 e. The van der Waals surface area contributed by atoms with Gasteiger partial charge in [-0.15, -0.1) is 11.3 Å². The van der Waals surface area contributed by atoms with Gasteiger partial charge in [0, 0.05) is 10.8 Å². The van der Waals surface area contributed by atoms with Gasteiger partial charge in [-0.3, -0.25) is 9.69 Å². The zero-order valence-electron chi connectivity index (χ0n) is 16.9. The molecular weight excluding hydrogens is 370 g/mol. The molecule has 7 heteroatoms. The lowest BCUT2D eigenvalue weighted by molar-refractivity contribution is -0.117. The van der Waals surface area contributed by atoms with Crippen molar-refractivity contribution in [3.63, 3.8) is 0 Å². The number of hydrogen-bond donors (Lipinski definition) is 2. The van der Waals surface area contributed by atoms with Crippen molar-refractivity contribution in [1.29, 1.82) is 0 Å². The average Bonchev–Trinajstić information content (AvgIpc) is 3.18. The number of likely N-dealkylation sites (tertiary alicyclic amines) is 1. The van der Waals surface area contributed by atoms with Crippen molar-refractivity contribution >= 4 is 33.4 Å². The summed E-state index contributed by atoms with van der Waals surface area (Å²) in [4.78, 5) is 28.4. The first-order valence-electron chi connectivity index (χ1n) is 9.82. The summed E-state index contributed by atoms with van der Waals surface area (Å²) in [6.07, 6.45) is 2.03. The number of nitrogens with one attached hydrogen (secondary N) is 2. The monoisotopic (exact) mass is 397 g/mol. The number of benzene rings is 1. The fourth-order valence-corrected chi connectivity index (χ4v) is 4.57. The molecule has 0 atom stereocenters. The molecule has 3 aromatic rings. The predicted octanol–water partition coefficient (Wildman–Crippen LogP) is 4.07. The second kappa shape index (κ2) is 7.64. The van der Waals surface area contributed by atoms with Gasteiger partial charge in [-0.25, -0.2) is 9.97 Å². The number of anilines is 1. The molecule has 6 nitrogen and oxygen atoms in total. The van der Waals surface area contributed by atoms with Gasteiger partial charge in [0.2, 0.25) is 5.91 Å². The molecule has 1 aliphatic rings. The quantitative estimate of drug-likeness (QED) is 0.696. The van der Waals surface area contributed by atoms with Crippen LogP contribution in [-0.2, 0) is 4.79 Å². The zero-order valence-corrected chi connectivity index (χ0v) is 17.7. The first-order valence-corrected chi connectivity index (χ1v) is 10.6. The number of fused-ring (bicyclic) bond motifs is 1. The molecule has 3 heterocycles. The Morgan fingerprint density at radius 3 is 2.57 bits per heavy atom. The molecule has 1 aromatic carbocycles. The minimum absolute atomic E-state index is 0.0156. The molecule has 2 aromatic heterocycles. The zero-order chi connectivity index (χ0) is 19.8. The molecule has 1 amide bonds. The summed E-state index contributed by atoms with van der Waals surface area (Å²) in [6, 6.07) is 4.34. The topological polar surface area (TPSA) is 73.9 Å². The fourth-order valence-electron chi connectivity index (χ4n) is 3.74. The molecule has 1 fully saturated rings. The molecule has 148 valence electrons. The molecule has 0 saturated carbocycles. The van der Waals surface area contributed by atoms with Crippen molar-refractivity contribution < 1.29 is 4.79 Å². The highest BCUT2D eigenvalue weighted by Crippen LogP contribution is 2.28. The van der Waals surface area contributed by atoms with E-state index < -0.39 is 0 Å². The number of hydrogen-bond acceptors (Lipinski definition) is 5. The van der Waals surface area contributed by atoms with Gasteiger partial charge >= 0.3 is 0 Å². The minimum Gasteiger partial charge on any atom is -0.342 e. The Morgan fingerprint density at radius 2 is 1.89 bits per heavy atom. The van der Waals surface area contributed by atoms with E-state index in [2.05, 4.69) is 46.2 Å². The van der Waals surface area contributed by atoms with E-state index >= 15 is 0 Å². The summed E-state index contributed by atoms with van der Waals surface area (Å²) in [5.74, 6) is 1.52. The summed E-state index contributed by atoms with van der Waals surface area (Å²) >= 11 is 1.53. The number of imidazole rings is 1. The molecule has 4 rings (SSSR count). The van der Waals surface area contributed by atoms with Crippen LogP contribution in [0.15, 0.2) is 12.1 Å². The van der Waals surface area contributed by atoms with Crippen LogP contribution in [-0.4, -0.2) is 45.4 Å². The number of nitrogens with zero attached hydrogens (tertiary/aromatic N) is 3.